The van der Waals surface area contributed by atoms with Crippen molar-refractivity contribution in [2.45, 2.75) is 167 Å². The van der Waals surface area contributed by atoms with Gasteiger partial charge in [0.1, 0.15) is 53.8 Å². The van der Waals surface area contributed by atoms with Crippen LogP contribution in [-0.2, 0) is 73.3 Å². The number of hydrogen-bond donors (Lipinski definition) is 5. The van der Waals surface area contributed by atoms with Gasteiger partial charge in [0.25, 0.3) is 0 Å². The van der Waals surface area contributed by atoms with E-state index in [1.807, 2.05) is 31.2 Å². The van der Waals surface area contributed by atoms with Crippen LogP contribution in [0.1, 0.15) is 151 Å². The fourth-order valence-corrected chi connectivity index (χ4v) is 11.5. The maximum atomic E-state index is 14.6. The summed E-state index contributed by atoms with van der Waals surface area (Å²) in [6, 6.07) is 6.56. The lowest BCUT2D eigenvalue weighted by atomic mass is 9.71. The molecule has 0 spiro atoms. The van der Waals surface area contributed by atoms with Gasteiger partial charge in [0.2, 0.25) is 35.4 Å². The van der Waals surface area contributed by atoms with Crippen molar-refractivity contribution in [1.29, 1.82) is 0 Å². The number of nitrogens with zero attached hydrogens (tertiary/aromatic N) is 6. The Bertz CT molecular complexity index is 3180. The molecule has 5 N–H and O–H groups in total. The number of carbonyl (C=O) groups is 9. The molecule has 3 aromatic heterocycles. The number of esters is 2. The average Bonchev–Trinajstić information content (AvgIpc) is 1.56. The van der Waals surface area contributed by atoms with Gasteiger partial charge >= 0.3 is 11.9 Å². The molecule has 27 heteroatoms. The summed E-state index contributed by atoms with van der Waals surface area (Å²) in [6.07, 6.45) is 23.8. The number of benzene rings is 1. The van der Waals surface area contributed by atoms with Gasteiger partial charge in [0, 0.05) is 74.6 Å². The second-order valence-electron chi connectivity index (χ2n) is 23.7. The van der Waals surface area contributed by atoms with Crippen LogP contribution in [0.15, 0.2) is 59.5 Å². The SMILES string of the molecule is COC(=O)CCCCCCCCCCCCCCCCC(=O)N[C@@H](CCC(=O)NCCOCCOCC(=O)NCCOCCOCC(=O)NC[C@]12C=C[C@H]1N(C(=O)Cn1nc(C(C)=O)c3cc(-c4cnc(C)nc4)ccc31)[C@H](C(=O)Nc1nc(Br)ccc1C)C2)C(=O)OC. The Hall–Kier alpha value is -7.59. The van der Waals surface area contributed by atoms with Gasteiger partial charge in [-0.25, -0.2) is 19.7 Å². The predicted molar refractivity (Wildman–Crippen MR) is 353 cm³/mol. The number of likely N-dealkylation sites (tertiary alicyclic amines) is 1. The molecular formula is C67H94BrN11O15. The number of pyridine rings is 1. The number of carbonyl (C=O) groups excluding carboxylic acids is 9. The summed E-state index contributed by atoms with van der Waals surface area (Å²) in [6.45, 7) is 5.69. The molecule has 1 aromatic carbocycles. The number of fused-ring (bicyclic) bond motifs is 2. The van der Waals surface area contributed by atoms with E-state index in [2.05, 4.69) is 67.3 Å². The van der Waals surface area contributed by atoms with Crippen LogP contribution < -0.4 is 26.6 Å². The van der Waals surface area contributed by atoms with E-state index in [-0.39, 0.29) is 133 Å². The lowest BCUT2D eigenvalue weighted by Crippen LogP contribution is -2.53. The molecule has 0 radical (unpaired) electrons. The van der Waals surface area contributed by atoms with Gasteiger partial charge in [0.05, 0.1) is 65.4 Å². The number of aromatic nitrogens is 5. The molecule has 514 valence electrons. The third kappa shape index (κ3) is 25.0. The highest BCUT2D eigenvalue weighted by molar-refractivity contribution is 9.10. The summed E-state index contributed by atoms with van der Waals surface area (Å²) in [7, 11) is 2.67. The van der Waals surface area contributed by atoms with E-state index in [0.29, 0.717) is 45.6 Å². The van der Waals surface area contributed by atoms with Gasteiger partial charge in [-0.15, -0.1) is 0 Å². The van der Waals surface area contributed by atoms with Gasteiger partial charge in [0.15, 0.2) is 5.78 Å². The Labute approximate surface area is 558 Å². The van der Waals surface area contributed by atoms with Crippen molar-refractivity contribution >= 4 is 85.8 Å². The van der Waals surface area contributed by atoms with E-state index < -0.39 is 47.2 Å². The molecule has 94 heavy (non-hydrogen) atoms. The Morgan fingerprint density at radius 2 is 1.24 bits per heavy atom. The third-order valence-electron chi connectivity index (χ3n) is 16.5. The van der Waals surface area contributed by atoms with Crippen LogP contribution in [0.4, 0.5) is 5.82 Å². The Morgan fingerprint density at radius 1 is 0.660 bits per heavy atom. The largest absolute Gasteiger partial charge is 0.469 e. The first-order valence-corrected chi connectivity index (χ1v) is 33.5. The van der Waals surface area contributed by atoms with E-state index in [4.69, 9.17) is 23.7 Å². The number of unbranched alkanes of at least 4 members (excludes halogenated alkanes) is 13. The maximum Gasteiger partial charge on any atom is 0.328 e. The van der Waals surface area contributed by atoms with Crippen molar-refractivity contribution in [1.82, 2.24) is 50.9 Å². The molecular weight excluding hydrogens is 1280 g/mol. The van der Waals surface area contributed by atoms with Crippen molar-refractivity contribution in [2.75, 3.05) is 92.0 Å². The minimum atomic E-state index is -0.968. The number of amides is 6. The summed E-state index contributed by atoms with van der Waals surface area (Å²) in [5, 5.41) is 19.1. The van der Waals surface area contributed by atoms with Gasteiger partial charge in [-0.2, -0.15) is 5.10 Å². The number of hydrogen-bond acceptors (Lipinski definition) is 19. The number of rotatable bonds is 46. The molecule has 0 saturated carbocycles. The molecule has 4 aromatic rings. The first kappa shape index (κ1) is 75.4. The molecule has 0 bridgehead atoms. The lowest BCUT2D eigenvalue weighted by molar-refractivity contribution is -0.145. The quantitative estimate of drug-likeness (QED) is 0.00987. The number of halogens is 1. The number of aryl methyl sites for hydroxylation is 2. The molecule has 6 amide bonds. The summed E-state index contributed by atoms with van der Waals surface area (Å²) in [5.41, 5.74) is 2.18. The Balaban J connectivity index is 0.784. The van der Waals surface area contributed by atoms with Crippen LogP contribution in [0.3, 0.4) is 0 Å². The maximum absolute atomic E-state index is 14.6. The number of anilines is 1. The Kier molecular flexibility index (Phi) is 32.6. The molecule has 6 rings (SSSR count). The topological polar surface area (TPSA) is 329 Å². The van der Waals surface area contributed by atoms with E-state index in [9.17, 15) is 43.2 Å². The van der Waals surface area contributed by atoms with Crippen LogP contribution in [0, 0.1) is 19.3 Å². The second-order valence-corrected chi connectivity index (χ2v) is 24.5. The molecule has 4 atom stereocenters. The zero-order valence-corrected chi connectivity index (χ0v) is 56.6. The molecule has 1 aliphatic heterocycles. The van der Waals surface area contributed by atoms with Gasteiger partial charge < -0.3 is 59.9 Å². The normalized spacial score (nSPS) is 15.8. The highest BCUT2D eigenvalue weighted by Crippen LogP contribution is 2.49. The number of ether oxygens (including phenoxy) is 6. The van der Waals surface area contributed by atoms with Crippen molar-refractivity contribution in [3.63, 3.8) is 0 Å². The van der Waals surface area contributed by atoms with Gasteiger partial charge in [-0.3, -0.25) is 43.0 Å². The summed E-state index contributed by atoms with van der Waals surface area (Å²) < 4.78 is 33.5. The molecule has 1 aliphatic carbocycles. The minimum Gasteiger partial charge on any atom is -0.469 e. The smallest absolute Gasteiger partial charge is 0.328 e. The van der Waals surface area contributed by atoms with Crippen LogP contribution in [0.5, 0.6) is 0 Å². The van der Waals surface area contributed by atoms with Crippen LogP contribution >= 0.6 is 15.9 Å². The lowest BCUT2D eigenvalue weighted by Gasteiger charge is -2.41. The van der Waals surface area contributed by atoms with Crippen LogP contribution in [-0.4, -0.2) is 188 Å². The van der Waals surface area contributed by atoms with Crippen molar-refractivity contribution in [3.05, 3.63) is 76.6 Å². The molecule has 1 fully saturated rings. The number of nitrogens with one attached hydrogen (secondary N) is 5. The molecule has 4 heterocycles. The van der Waals surface area contributed by atoms with E-state index >= 15 is 0 Å². The van der Waals surface area contributed by atoms with E-state index in [1.165, 1.54) is 82.1 Å². The number of ketones is 1. The monoisotopic (exact) mass is 1370 g/mol. The van der Waals surface area contributed by atoms with Crippen LogP contribution in [0.2, 0.25) is 0 Å². The summed E-state index contributed by atoms with van der Waals surface area (Å²) in [4.78, 5) is 130. The molecule has 2 aliphatic rings. The second kappa shape index (κ2) is 40.6. The van der Waals surface area contributed by atoms with E-state index in [0.717, 1.165) is 49.7 Å². The molecule has 1 saturated heterocycles. The highest BCUT2D eigenvalue weighted by atomic mass is 79.9. The summed E-state index contributed by atoms with van der Waals surface area (Å²) >= 11 is 3.37. The first-order valence-electron chi connectivity index (χ1n) is 32.7. The van der Waals surface area contributed by atoms with Gasteiger partial charge in [-0.05, 0) is 84.8 Å². The molecule has 26 nitrogen and oxygen atoms in total. The van der Waals surface area contributed by atoms with Crippen molar-refractivity contribution in [2.24, 2.45) is 5.41 Å². The average molecular weight is 1370 g/mol. The summed E-state index contributed by atoms with van der Waals surface area (Å²) in [5.74, 6) is -2.29. The fourth-order valence-electron chi connectivity index (χ4n) is 11.2. The van der Waals surface area contributed by atoms with Crippen molar-refractivity contribution in [3.8, 4) is 11.1 Å². The highest BCUT2D eigenvalue weighted by Gasteiger charge is 2.58. The minimum absolute atomic E-state index is 0.00244. The predicted octanol–water partition coefficient (Wildman–Crippen LogP) is 6.90. The van der Waals surface area contributed by atoms with Crippen LogP contribution in [0.25, 0.3) is 22.0 Å². The Morgan fingerprint density at radius 3 is 1.83 bits per heavy atom. The first-order chi connectivity index (χ1) is 45.4. The van der Waals surface area contributed by atoms with Crippen molar-refractivity contribution < 1.29 is 71.6 Å². The number of methoxy groups -OCH3 is 2. The zero-order valence-electron chi connectivity index (χ0n) is 55.0. The number of Topliss-reactive ketones (excluding diaryl/α,β-unsaturated/α-hetero) is 1. The third-order valence-corrected chi connectivity index (χ3v) is 16.9. The fraction of sp³-hybridized carbons (Fsp3) is 0.597. The standard InChI is InChI=1S/C67H94BrN11O15/c1-46-22-26-56(68)75-64(46)76-65(87)54-39-67(29-28-55(67)79(54)61(85)42-78-53-25-23-49(50-40-71-48(3)72-41-50)38-51(53)63(77-78)47(2)80)45-73-60(84)44-94-37-35-92-33-31-70-59(83)43-93-36-34-91-32-30-69-57(81)27-24-52(66(88)90-5)74-58(82)20-18-16-14-12-10-8-6-7-9-11-13-15-17-19-21-62(86)89-4/h22-23,25-26,28-29,38,40-41,52,54-55H,6-21,24,27,30-37,39,42-45H2,1-5H3,(H,69,81)(H,70,83)(H,73,84)(H,74,82)(H,75,76,87)/t52-,54-,55+,67+/m0/s1. The zero-order chi connectivity index (χ0) is 67.7. The molecule has 0 unspecified atom stereocenters. The van der Waals surface area contributed by atoms with E-state index in [1.54, 1.807) is 37.5 Å². The van der Waals surface area contributed by atoms with Gasteiger partial charge in [-0.1, -0.05) is 101 Å².